The Labute approximate surface area is 140 Å². The molecule has 0 radical (unpaired) electrons. The molecule has 1 aromatic rings. The standard InChI is InChI=1S/C16H23N3.2ClH/c1-12-10-13(2)16(14(3)11-12)15(4-5-17)19-8-6-18-7-9-19;;/h10-11,15,18H,4,6-9H2,1-3H3;2*1H/t15-;;/m1../s1. The lowest BCUT2D eigenvalue weighted by Crippen LogP contribution is -2.45. The lowest BCUT2D eigenvalue weighted by atomic mass is 9.91. The van der Waals surface area contributed by atoms with Crippen LogP contribution < -0.4 is 5.32 Å². The normalized spacial score (nSPS) is 16.3. The second-order valence-electron chi connectivity index (χ2n) is 5.48. The fraction of sp³-hybridized carbons (Fsp3) is 0.562. The average molecular weight is 330 g/mol. The van der Waals surface area contributed by atoms with E-state index in [9.17, 15) is 5.26 Å². The van der Waals surface area contributed by atoms with Crippen molar-refractivity contribution in [3.63, 3.8) is 0 Å². The van der Waals surface area contributed by atoms with Gasteiger partial charge in [-0.3, -0.25) is 4.90 Å². The lowest BCUT2D eigenvalue weighted by molar-refractivity contribution is 0.174. The summed E-state index contributed by atoms with van der Waals surface area (Å²) >= 11 is 0. The highest BCUT2D eigenvalue weighted by atomic mass is 35.5. The number of halogens is 2. The first-order valence-corrected chi connectivity index (χ1v) is 7.03. The van der Waals surface area contributed by atoms with Gasteiger partial charge in [0, 0.05) is 32.2 Å². The topological polar surface area (TPSA) is 39.1 Å². The van der Waals surface area contributed by atoms with Crippen LogP contribution in [0.5, 0.6) is 0 Å². The Morgan fingerprint density at radius 3 is 2.14 bits per heavy atom. The van der Waals surface area contributed by atoms with Crippen molar-refractivity contribution in [2.45, 2.75) is 33.2 Å². The summed E-state index contributed by atoms with van der Waals surface area (Å²) in [7, 11) is 0. The van der Waals surface area contributed by atoms with Gasteiger partial charge >= 0.3 is 0 Å². The summed E-state index contributed by atoms with van der Waals surface area (Å²) in [6, 6.07) is 7.08. The van der Waals surface area contributed by atoms with E-state index >= 15 is 0 Å². The maximum atomic E-state index is 9.17. The first-order valence-electron chi connectivity index (χ1n) is 7.03. The van der Waals surface area contributed by atoms with Gasteiger partial charge in [0.2, 0.25) is 0 Å². The van der Waals surface area contributed by atoms with Crippen LogP contribution in [0.3, 0.4) is 0 Å². The summed E-state index contributed by atoms with van der Waals surface area (Å²) < 4.78 is 0. The molecule has 1 saturated heterocycles. The predicted molar refractivity (Wildman–Crippen MR) is 92.6 cm³/mol. The summed E-state index contributed by atoms with van der Waals surface area (Å²) in [5, 5.41) is 12.5. The Hall–Kier alpha value is -0.790. The van der Waals surface area contributed by atoms with Crippen LogP contribution in [0, 0.1) is 32.1 Å². The van der Waals surface area contributed by atoms with Crippen molar-refractivity contribution in [2.24, 2.45) is 0 Å². The first kappa shape index (κ1) is 20.2. The molecule has 5 heteroatoms. The minimum absolute atomic E-state index is 0. The van der Waals surface area contributed by atoms with Gasteiger partial charge in [-0.05, 0) is 37.5 Å². The van der Waals surface area contributed by atoms with Crippen LogP contribution in [-0.4, -0.2) is 31.1 Å². The summed E-state index contributed by atoms with van der Waals surface area (Å²) in [6.45, 7) is 10.6. The molecule has 1 aliphatic rings. The zero-order valence-electron chi connectivity index (χ0n) is 13.0. The van der Waals surface area contributed by atoms with Gasteiger partial charge in [-0.25, -0.2) is 0 Å². The van der Waals surface area contributed by atoms with Crippen molar-refractivity contribution >= 4 is 24.8 Å². The van der Waals surface area contributed by atoms with Crippen molar-refractivity contribution in [1.82, 2.24) is 10.2 Å². The van der Waals surface area contributed by atoms with Crippen LogP contribution in [0.4, 0.5) is 0 Å². The fourth-order valence-electron chi connectivity index (χ4n) is 3.21. The number of rotatable bonds is 3. The number of aryl methyl sites for hydroxylation is 3. The number of hydrogen-bond acceptors (Lipinski definition) is 3. The molecule has 0 spiro atoms. The molecule has 0 unspecified atom stereocenters. The number of nitrogens with one attached hydrogen (secondary N) is 1. The molecule has 1 N–H and O–H groups in total. The van der Waals surface area contributed by atoms with E-state index in [2.05, 4.69) is 49.2 Å². The number of nitriles is 1. The summed E-state index contributed by atoms with van der Waals surface area (Å²) in [5.74, 6) is 0. The minimum atomic E-state index is 0. The van der Waals surface area contributed by atoms with Gasteiger partial charge in [0.15, 0.2) is 0 Å². The quantitative estimate of drug-likeness (QED) is 0.924. The predicted octanol–water partition coefficient (Wildman–Crippen LogP) is 3.32. The first-order chi connectivity index (χ1) is 9.13. The van der Waals surface area contributed by atoms with Crippen LogP contribution in [-0.2, 0) is 0 Å². The molecule has 1 aromatic carbocycles. The summed E-state index contributed by atoms with van der Waals surface area (Å²) in [6.07, 6.45) is 0.574. The molecule has 2 rings (SSSR count). The van der Waals surface area contributed by atoms with Crippen LogP contribution in [0.2, 0.25) is 0 Å². The van der Waals surface area contributed by atoms with Crippen LogP contribution in [0.25, 0.3) is 0 Å². The summed E-state index contributed by atoms with van der Waals surface area (Å²) in [5.41, 5.74) is 5.29. The van der Waals surface area contributed by atoms with E-state index in [0.29, 0.717) is 6.42 Å². The molecule has 0 aliphatic carbocycles. The molecular formula is C16H25Cl2N3. The maximum absolute atomic E-state index is 9.17. The number of benzene rings is 1. The van der Waals surface area contributed by atoms with Crippen molar-refractivity contribution in [1.29, 1.82) is 5.26 Å². The Morgan fingerprint density at radius 1 is 1.14 bits per heavy atom. The molecular weight excluding hydrogens is 305 g/mol. The minimum Gasteiger partial charge on any atom is -0.314 e. The van der Waals surface area contributed by atoms with Gasteiger partial charge < -0.3 is 5.32 Å². The lowest BCUT2D eigenvalue weighted by Gasteiger charge is -2.35. The van der Waals surface area contributed by atoms with Gasteiger partial charge in [0.25, 0.3) is 0 Å². The third kappa shape index (κ3) is 4.86. The van der Waals surface area contributed by atoms with E-state index in [-0.39, 0.29) is 30.9 Å². The number of hydrogen-bond donors (Lipinski definition) is 1. The molecule has 0 saturated carbocycles. The summed E-state index contributed by atoms with van der Waals surface area (Å²) in [4.78, 5) is 2.45. The second-order valence-corrected chi connectivity index (χ2v) is 5.48. The molecule has 1 heterocycles. The van der Waals surface area contributed by atoms with Crippen molar-refractivity contribution < 1.29 is 0 Å². The molecule has 0 aromatic heterocycles. The van der Waals surface area contributed by atoms with Crippen LogP contribution in [0.1, 0.15) is 34.7 Å². The Bertz CT molecular complexity index is 468. The van der Waals surface area contributed by atoms with Crippen LogP contribution in [0.15, 0.2) is 12.1 Å². The zero-order chi connectivity index (χ0) is 13.8. The van der Waals surface area contributed by atoms with E-state index in [1.54, 1.807) is 0 Å². The van der Waals surface area contributed by atoms with Crippen LogP contribution >= 0.6 is 24.8 Å². The van der Waals surface area contributed by atoms with Crippen molar-refractivity contribution in [3.8, 4) is 6.07 Å². The Morgan fingerprint density at radius 2 is 1.67 bits per heavy atom. The Kier molecular flexibility index (Phi) is 8.92. The molecule has 1 fully saturated rings. The van der Waals surface area contributed by atoms with Crippen molar-refractivity contribution in [3.05, 3.63) is 34.4 Å². The third-order valence-electron chi connectivity index (χ3n) is 3.95. The highest BCUT2D eigenvalue weighted by molar-refractivity contribution is 5.85. The Balaban J connectivity index is 0.00000200. The molecule has 1 aliphatic heterocycles. The SMILES string of the molecule is Cc1cc(C)c([C@@H](CC#N)N2CCNCC2)c(C)c1.Cl.Cl. The molecule has 118 valence electrons. The highest BCUT2D eigenvalue weighted by Crippen LogP contribution is 2.30. The van der Waals surface area contributed by atoms with E-state index in [0.717, 1.165) is 26.2 Å². The van der Waals surface area contributed by atoms with E-state index < -0.39 is 0 Å². The molecule has 1 atom stereocenters. The second kappa shape index (κ2) is 9.27. The molecule has 0 bridgehead atoms. The molecule has 3 nitrogen and oxygen atoms in total. The maximum Gasteiger partial charge on any atom is 0.0641 e. The van der Waals surface area contributed by atoms with Gasteiger partial charge in [0.1, 0.15) is 0 Å². The smallest absolute Gasteiger partial charge is 0.0641 e. The monoisotopic (exact) mass is 329 g/mol. The van der Waals surface area contributed by atoms with E-state index in [1.807, 2.05) is 0 Å². The van der Waals surface area contributed by atoms with E-state index in [4.69, 9.17) is 0 Å². The van der Waals surface area contributed by atoms with Gasteiger partial charge in [-0.15, -0.1) is 24.8 Å². The van der Waals surface area contributed by atoms with Gasteiger partial charge in [0.05, 0.1) is 12.5 Å². The van der Waals surface area contributed by atoms with Crippen molar-refractivity contribution in [2.75, 3.05) is 26.2 Å². The fourth-order valence-corrected chi connectivity index (χ4v) is 3.21. The zero-order valence-corrected chi connectivity index (χ0v) is 14.6. The highest BCUT2D eigenvalue weighted by Gasteiger charge is 2.24. The largest absolute Gasteiger partial charge is 0.314 e. The van der Waals surface area contributed by atoms with Gasteiger partial charge in [-0.2, -0.15) is 5.26 Å². The number of piperazine rings is 1. The van der Waals surface area contributed by atoms with Gasteiger partial charge in [-0.1, -0.05) is 17.7 Å². The molecule has 0 amide bonds. The number of nitrogens with zero attached hydrogens (tertiary/aromatic N) is 2. The average Bonchev–Trinajstić information content (AvgIpc) is 2.37. The third-order valence-corrected chi connectivity index (χ3v) is 3.95. The molecule has 21 heavy (non-hydrogen) atoms. The van der Waals surface area contributed by atoms with E-state index in [1.165, 1.54) is 22.3 Å².